The van der Waals surface area contributed by atoms with Crippen molar-refractivity contribution in [3.05, 3.63) is 71.2 Å². The van der Waals surface area contributed by atoms with Gasteiger partial charge in [-0.1, -0.05) is 29.8 Å². The zero-order valence-electron chi connectivity index (χ0n) is 21.5. The number of amides is 1. The highest BCUT2D eigenvalue weighted by Crippen LogP contribution is 2.33. The van der Waals surface area contributed by atoms with Gasteiger partial charge in [-0.15, -0.1) is 0 Å². The van der Waals surface area contributed by atoms with E-state index in [9.17, 15) is 13.2 Å². The fraction of sp³-hybridized carbons (Fsp3) is 0.192. The van der Waals surface area contributed by atoms with Gasteiger partial charge in [0.15, 0.2) is 11.6 Å². The van der Waals surface area contributed by atoms with Crippen LogP contribution in [0.2, 0.25) is 5.02 Å². The summed E-state index contributed by atoms with van der Waals surface area (Å²) in [6.07, 6.45) is 0. The molecule has 4 rings (SSSR count). The first kappa shape index (κ1) is 28.0. The molecule has 0 radical (unpaired) electrons. The number of fused-ring (bicyclic) bond motifs is 1. The Kier molecular flexibility index (Phi) is 8.51. The number of halogens is 1. The van der Waals surface area contributed by atoms with Crippen LogP contribution in [-0.4, -0.2) is 56.9 Å². The van der Waals surface area contributed by atoms with Crippen LogP contribution in [0.1, 0.15) is 5.56 Å². The van der Waals surface area contributed by atoms with E-state index < -0.39 is 10.0 Å². The summed E-state index contributed by atoms with van der Waals surface area (Å²) in [6.45, 7) is 0.227. The lowest BCUT2D eigenvalue weighted by Crippen LogP contribution is -2.27. The molecule has 4 aromatic rings. The molecule has 1 amide bonds. The molecule has 0 aliphatic carbocycles. The number of rotatable bonds is 10. The SMILES string of the molecule is COc1ccc(Cl)c(Nc2nc3ccccc3nc2NS(=O)(=O)c2ccc(CN)c(NC(=O)CN(C)C)c2)c1. The fourth-order valence-electron chi connectivity index (χ4n) is 3.69. The summed E-state index contributed by atoms with van der Waals surface area (Å²) in [5.74, 6) is 0.320. The monoisotopic (exact) mass is 569 g/mol. The Morgan fingerprint density at radius 1 is 1.00 bits per heavy atom. The number of hydrogen-bond donors (Lipinski definition) is 4. The standard InChI is InChI=1S/C26H28ClN7O4S/c1-34(2)15-24(35)29-22-13-18(10-8-16(22)14-28)39(36,37)33-26-25(30-20-6-4-5-7-21(20)31-26)32-23-12-17(38-3)9-11-19(23)27/h4-13H,14-15,28H2,1-3H3,(H,29,35)(H,30,32)(H,31,33). The van der Waals surface area contributed by atoms with Crippen LogP contribution in [0.15, 0.2) is 65.6 Å². The summed E-state index contributed by atoms with van der Waals surface area (Å²) < 4.78 is 34.8. The Balaban J connectivity index is 1.73. The van der Waals surface area contributed by atoms with Crippen molar-refractivity contribution in [2.75, 3.05) is 43.1 Å². The molecule has 0 saturated carbocycles. The molecule has 0 unspecified atom stereocenters. The quantitative estimate of drug-likeness (QED) is 0.223. The molecule has 0 spiro atoms. The van der Waals surface area contributed by atoms with Gasteiger partial charge in [0, 0.05) is 18.3 Å². The first-order chi connectivity index (χ1) is 18.6. The summed E-state index contributed by atoms with van der Waals surface area (Å²) in [5, 5.41) is 6.17. The first-order valence-corrected chi connectivity index (χ1v) is 13.6. The van der Waals surface area contributed by atoms with Crippen LogP contribution in [0.3, 0.4) is 0 Å². The zero-order valence-corrected chi connectivity index (χ0v) is 23.1. The molecule has 0 aliphatic rings. The number of para-hydroxylation sites is 2. The van der Waals surface area contributed by atoms with Crippen molar-refractivity contribution in [2.45, 2.75) is 11.4 Å². The largest absolute Gasteiger partial charge is 0.497 e. The summed E-state index contributed by atoms with van der Waals surface area (Å²) in [4.78, 5) is 23.0. The van der Waals surface area contributed by atoms with Gasteiger partial charge >= 0.3 is 0 Å². The van der Waals surface area contributed by atoms with E-state index in [0.717, 1.165) is 0 Å². The van der Waals surface area contributed by atoms with E-state index in [-0.39, 0.29) is 35.5 Å². The van der Waals surface area contributed by atoms with Gasteiger partial charge in [-0.25, -0.2) is 18.4 Å². The lowest BCUT2D eigenvalue weighted by molar-refractivity contribution is -0.116. The van der Waals surface area contributed by atoms with Crippen molar-refractivity contribution in [3.8, 4) is 5.75 Å². The Morgan fingerprint density at radius 3 is 2.33 bits per heavy atom. The van der Waals surface area contributed by atoms with Crippen LogP contribution >= 0.6 is 11.6 Å². The van der Waals surface area contributed by atoms with Crippen molar-refractivity contribution in [3.63, 3.8) is 0 Å². The molecular formula is C26H28ClN7O4S. The number of sulfonamides is 1. The molecule has 3 aromatic carbocycles. The lowest BCUT2D eigenvalue weighted by atomic mass is 10.2. The van der Waals surface area contributed by atoms with Gasteiger partial charge in [0.05, 0.1) is 40.3 Å². The molecule has 5 N–H and O–H groups in total. The number of carbonyl (C=O) groups excluding carboxylic acids is 1. The van der Waals surface area contributed by atoms with Crippen LogP contribution in [-0.2, 0) is 21.4 Å². The number of methoxy groups -OCH3 is 1. The normalized spacial score (nSPS) is 11.4. The number of carbonyl (C=O) groups is 1. The second-order valence-electron chi connectivity index (χ2n) is 8.79. The van der Waals surface area contributed by atoms with Crippen LogP contribution in [0.4, 0.5) is 23.0 Å². The maximum atomic E-state index is 13.5. The van der Waals surface area contributed by atoms with Crippen LogP contribution in [0.25, 0.3) is 11.0 Å². The summed E-state index contributed by atoms with van der Waals surface area (Å²) in [5.41, 5.74) is 8.17. The van der Waals surface area contributed by atoms with E-state index in [1.54, 1.807) is 67.5 Å². The van der Waals surface area contributed by atoms with Gasteiger partial charge in [0.2, 0.25) is 5.91 Å². The summed E-state index contributed by atoms with van der Waals surface area (Å²) >= 11 is 6.37. The van der Waals surface area contributed by atoms with Crippen molar-refractivity contribution < 1.29 is 17.9 Å². The van der Waals surface area contributed by atoms with E-state index in [2.05, 4.69) is 25.3 Å². The third-order valence-electron chi connectivity index (χ3n) is 5.57. The average molecular weight is 570 g/mol. The minimum Gasteiger partial charge on any atom is -0.497 e. The number of nitrogens with one attached hydrogen (secondary N) is 3. The molecule has 0 fully saturated rings. The molecule has 39 heavy (non-hydrogen) atoms. The first-order valence-electron chi connectivity index (χ1n) is 11.8. The summed E-state index contributed by atoms with van der Waals surface area (Å²) in [6, 6.07) is 16.4. The lowest BCUT2D eigenvalue weighted by Gasteiger charge is -2.17. The molecule has 11 nitrogen and oxygen atoms in total. The van der Waals surface area contributed by atoms with Gasteiger partial charge in [0.25, 0.3) is 10.0 Å². The van der Waals surface area contributed by atoms with Gasteiger partial charge in [0.1, 0.15) is 5.75 Å². The van der Waals surface area contributed by atoms with Gasteiger partial charge in [-0.3, -0.25) is 9.52 Å². The van der Waals surface area contributed by atoms with Crippen molar-refractivity contribution in [1.29, 1.82) is 0 Å². The number of ether oxygens (including phenoxy) is 1. The molecule has 0 aliphatic heterocycles. The molecule has 0 atom stereocenters. The number of anilines is 4. The number of nitrogens with two attached hydrogens (primary N) is 1. The Morgan fingerprint density at radius 2 is 1.69 bits per heavy atom. The number of nitrogens with zero attached hydrogens (tertiary/aromatic N) is 3. The van der Waals surface area contributed by atoms with Crippen molar-refractivity contribution in [1.82, 2.24) is 14.9 Å². The predicted octanol–water partition coefficient (Wildman–Crippen LogP) is 3.80. The smallest absolute Gasteiger partial charge is 0.263 e. The second-order valence-corrected chi connectivity index (χ2v) is 10.9. The van der Waals surface area contributed by atoms with E-state index in [1.165, 1.54) is 19.2 Å². The zero-order chi connectivity index (χ0) is 28.2. The van der Waals surface area contributed by atoms with E-state index >= 15 is 0 Å². The number of benzene rings is 3. The van der Waals surface area contributed by atoms with Gasteiger partial charge < -0.3 is 26.0 Å². The van der Waals surface area contributed by atoms with E-state index in [0.29, 0.717) is 38.7 Å². The Hall–Kier alpha value is -3.97. The highest BCUT2D eigenvalue weighted by molar-refractivity contribution is 7.92. The number of hydrogen-bond acceptors (Lipinski definition) is 9. The topological polar surface area (TPSA) is 152 Å². The minimum atomic E-state index is -4.18. The Bertz CT molecular complexity index is 1630. The van der Waals surface area contributed by atoms with Crippen LogP contribution in [0, 0.1) is 0 Å². The van der Waals surface area contributed by atoms with Crippen LogP contribution < -0.4 is 25.8 Å². The predicted molar refractivity (Wildman–Crippen MR) is 153 cm³/mol. The molecule has 1 heterocycles. The Labute approximate surface area is 231 Å². The third-order valence-corrected chi connectivity index (χ3v) is 7.24. The molecular weight excluding hydrogens is 542 g/mol. The molecule has 204 valence electrons. The van der Waals surface area contributed by atoms with Crippen molar-refractivity contribution >= 4 is 61.6 Å². The van der Waals surface area contributed by atoms with Crippen LogP contribution in [0.5, 0.6) is 5.75 Å². The highest BCUT2D eigenvalue weighted by atomic mass is 35.5. The summed E-state index contributed by atoms with van der Waals surface area (Å²) in [7, 11) is 0.851. The number of aromatic nitrogens is 2. The molecule has 1 aromatic heterocycles. The maximum absolute atomic E-state index is 13.5. The van der Waals surface area contributed by atoms with Gasteiger partial charge in [-0.2, -0.15) is 0 Å². The fourth-order valence-corrected chi connectivity index (χ4v) is 4.89. The van der Waals surface area contributed by atoms with Gasteiger partial charge in [-0.05, 0) is 56.1 Å². The number of likely N-dealkylation sites (N-methyl/N-ethyl adjacent to an activating group) is 1. The minimum absolute atomic E-state index is 0.0475. The maximum Gasteiger partial charge on any atom is 0.263 e. The van der Waals surface area contributed by atoms with E-state index in [4.69, 9.17) is 22.1 Å². The highest BCUT2D eigenvalue weighted by Gasteiger charge is 2.21. The molecule has 0 bridgehead atoms. The average Bonchev–Trinajstić information content (AvgIpc) is 2.89. The van der Waals surface area contributed by atoms with E-state index in [1.807, 2.05) is 0 Å². The molecule has 0 saturated heterocycles. The second kappa shape index (κ2) is 11.8. The van der Waals surface area contributed by atoms with Crippen molar-refractivity contribution in [2.24, 2.45) is 5.73 Å². The molecule has 13 heteroatoms. The third kappa shape index (κ3) is 6.73.